The maximum absolute atomic E-state index is 10.8. The molecule has 0 aromatic carbocycles. The number of hydrogen-bond acceptors (Lipinski definition) is 4. The highest BCUT2D eigenvalue weighted by molar-refractivity contribution is 14.1. The molecule has 94 valence electrons. The van der Waals surface area contributed by atoms with E-state index in [1.165, 1.54) is 13.3 Å². The molecule has 0 bridgehead atoms. The summed E-state index contributed by atoms with van der Waals surface area (Å²) < 4.78 is 1.29. The molecule has 1 heterocycles. The van der Waals surface area contributed by atoms with Crippen molar-refractivity contribution >= 4 is 39.8 Å². The molecule has 6 heteroatoms. The Morgan fingerprint density at radius 2 is 2.53 bits per heavy atom. The van der Waals surface area contributed by atoms with Crippen LogP contribution in [0.15, 0.2) is 6.07 Å². The Labute approximate surface area is 118 Å². The van der Waals surface area contributed by atoms with Crippen LogP contribution in [0.25, 0.3) is 0 Å². The van der Waals surface area contributed by atoms with Crippen molar-refractivity contribution in [2.45, 2.75) is 31.4 Å². The van der Waals surface area contributed by atoms with Crippen LogP contribution in [0.5, 0.6) is 0 Å². The van der Waals surface area contributed by atoms with E-state index < -0.39 is 12.0 Å². The van der Waals surface area contributed by atoms with Gasteiger partial charge in [-0.15, -0.1) is 11.3 Å². The van der Waals surface area contributed by atoms with Gasteiger partial charge in [-0.25, -0.2) is 0 Å². The van der Waals surface area contributed by atoms with Crippen LogP contribution in [0.2, 0.25) is 0 Å². The molecule has 4 N–H and O–H groups in total. The van der Waals surface area contributed by atoms with Gasteiger partial charge in [-0.2, -0.15) is 0 Å². The summed E-state index contributed by atoms with van der Waals surface area (Å²) in [6.45, 7) is 0.228. The van der Waals surface area contributed by atoms with Crippen molar-refractivity contribution in [3.63, 3.8) is 0 Å². The van der Waals surface area contributed by atoms with Crippen molar-refractivity contribution in [1.29, 1.82) is 0 Å². The summed E-state index contributed by atoms with van der Waals surface area (Å²) in [5.74, 6) is -0.673. The summed E-state index contributed by atoms with van der Waals surface area (Å²) in [4.78, 5) is 12.2. The number of amides is 1. The lowest BCUT2D eigenvalue weighted by Crippen LogP contribution is -2.39. The summed E-state index contributed by atoms with van der Waals surface area (Å²) in [5, 5.41) is 12.6. The Hall–Kier alpha value is -0.180. The largest absolute Gasteiger partial charge is 0.382 e. The van der Waals surface area contributed by atoms with E-state index >= 15 is 0 Å². The van der Waals surface area contributed by atoms with E-state index in [1.54, 1.807) is 0 Å². The van der Waals surface area contributed by atoms with Crippen LogP contribution >= 0.6 is 33.9 Å². The first-order chi connectivity index (χ1) is 8.08. The Morgan fingerprint density at radius 1 is 1.76 bits per heavy atom. The number of nitrogens with two attached hydrogens (primary N) is 1. The second-order valence-electron chi connectivity index (χ2n) is 4.20. The average Bonchev–Trinajstić information content (AvgIpc) is 2.66. The third kappa shape index (κ3) is 3.18. The highest BCUT2D eigenvalue weighted by Gasteiger charge is 2.23. The molecule has 0 spiro atoms. The molecule has 0 aliphatic heterocycles. The molecule has 2 rings (SSSR count). The van der Waals surface area contributed by atoms with Crippen LogP contribution in [0, 0.1) is 2.88 Å². The number of carbonyl (C=O) groups is 1. The van der Waals surface area contributed by atoms with E-state index in [4.69, 9.17) is 5.73 Å². The number of carbonyl (C=O) groups excluding carboxylic acids is 1. The van der Waals surface area contributed by atoms with Crippen LogP contribution < -0.4 is 11.1 Å². The number of aliphatic hydroxyl groups is 1. The maximum Gasteiger partial charge on any atom is 0.247 e. The number of aryl methyl sites for hydroxylation is 1. The van der Waals surface area contributed by atoms with Crippen LogP contribution in [0.3, 0.4) is 0 Å². The van der Waals surface area contributed by atoms with Gasteiger partial charge in [0, 0.05) is 17.5 Å². The number of aliphatic hydroxyl groups excluding tert-OH is 1. The van der Waals surface area contributed by atoms with Crippen molar-refractivity contribution in [2.75, 3.05) is 6.54 Å². The first-order valence-electron chi connectivity index (χ1n) is 5.57. The number of hydrogen-bond donors (Lipinski definition) is 3. The van der Waals surface area contributed by atoms with E-state index in [1.807, 2.05) is 11.3 Å². The molecule has 1 amide bonds. The second-order valence-corrected chi connectivity index (χ2v) is 7.23. The van der Waals surface area contributed by atoms with Gasteiger partial charge in [0.25, 0.3) is 0 Å². The van der Waals surface area contributed by atoms with Gasteiger partial charge >= 0.3 is 0 Å². The summed E-state index contributed by atoms with van der Waals surface area (Å²) in [6.07, 6.45) is 2.23. The molecule has 1 aromatic rings. The Bertz CT molecular complexity index is 422. The van der Waals surface area contributed by atoms with Crippen molar-refractivity contribution < 1.29 is 9.90 Å². The number of fused-ring (bicyclic) bond motifs is 1. The number of nitrogens with one attached hydrogen (secondary N) is 1. The smallest absolute Gasteiger partial charge is 0.247 e. The molecule has 0 radical (unpaired) electrons. The van der Waals surface area contributed by atoms with Crippen molar-refractivity contribution in [2.24, 2.45) is 5.73 Å². The molecule has 1 aromatic heterocycles. The minimum Gasteiger partial charge on any atom is -0.382 e. The van der Waals surface area contributed by atoms with Crippen molar-refractivity contribution in [3.8, 4) is 0 Å². The van der Waals surface area contributed by atoms with Gasteiger partial charge in [-0.05, 0) is 53.5 Å². The Kier molecular flexibility index (Phi) is 4.40. The van der Waals surface area contributed by atoms with Crippen molar-refractivity contribution in [3.05, 3.63) is 19.4 Å². The number of rotatable bonds is 4. The summed E-state index contributed by atoms with van der Waals surface area (Å²) in [7, 11) is 0. The van der Waals surface area contributed by atoms with Crippen LogP contribution in [-0.2, 0) is 11.2 Å². The molecule has 0 fully saturated rings. The third-order valence-corrected chi connectivity index (χ3v) is 4.94. The fraction of sp³-hybridized carbons (Fsp3) is 0.545. The number of primary amides is 1. The molecule has 0 saturated carbocycles. The molecule has 17 heavy (non-hydrogen) atoms. The normalized spacial score (nSPS) is 20.9. The zero-order chi connectivity index (χ0) is 12.4. The van der Waals surface area contributed by atoms with Gasteiger partial charge in [-0.3, -0.25) is 4.79 Å². The number of halogens is 1. The van der Waals surface area contributed by atoms with Gasteiger partial charge in [0.1, 0.15) is 6.10 Å². The fourth-order valence-corrected chi connectivity index (χ4v) is 4.21. The van der Waals surface area contributed by atoms with Crippen LogP contribution in [-0.4, -0.2) is 23.7 Å². The van der Waals surface area contributed by atoms with E-state index in [0.717, 1.165) is 19.3 Å². The van der Waals surface area contributed by atoms with Gasteiger partial charge in [0.15, 0.2) is 0 Å². The van der Waals surface area contributed by atoms with Gasteiger partial charge in [0.05, 0.1) is 2.88 Å². The summed E-state index contributed by atoms with van der Waals surface area (Å²) in [5.41, 5.74) is 6.34. The van der Waals surface area contributed by atoms with Gasteiger partial charge in [0.2, 0.25) is 5.91 Å². The zero-order valence-corrected chi connectivity index (χ0v) is 12.3. The SMILES string of the molecule is NC(=O)C(O)CNC1CCCc2sc(I)cc21. The average molecular weight is 366 g/mol. The standard InChI is InChI=1S/C11H15IN2O2S/c12-10-4-6-7(2-1-3-9(6)17-10)14-5-8(15)11(13)16/h4,7-8,14-15H,1-3,5H2,(H2,13,16). The lowest BCUT2D eigenvalue weighted by molar-refractivity contribution is -0.125. The van der Waals surface area contributed by atoms with E-state index in [2.05, 4.69) is 34.0 Å². The molecular weight excluding hydrogens is 351 g/mol. The predicted molar refractivity (Wildman–Crippen MR) is 75.9 cm³/mol. The third-order valence-electron chi connectivity index (χ3n) is 2.97. The monoisotopic (exact) mass is 366 g/mol. The first-order valence-corrected chi connectivity index (χ1v) is 7.46. The Balaban J connectivity index is 2.01. The molecule has 1 aliphatic rings. The van der Waals surface area contributed by atoms with E-state index in [0.29, 0.717) is 0 Å². The zero-order valence-electron chi connectivity index (χ0n) is 9.28. The second kappa shape index (κ2) is 5.64. The maximum atomic E-state index is 10.8. The minimum absolute atomic E-state index is 0.228. The highest BCUT2D eigenvalue weighted by Crippen LogP contribution is 2.36. The van der Waals surface area contributed by atoms with Crippen LogP contribution in [0.1, 0.15) is 29.3 Å². The van der Waals surface area contributed by atoms with Crippen molar-refractivity contribution in [1.82, 2.24) is 5.32 Å². The molecular formula is C11H15IN2O2S. The molecule has 2 unspecified atom stereocenters. The lowest BCUT2D eigenvalue weighted by Gasteiger charge is -2.24. The predicted octanol–water partition coefficient (Wildman–Crippen LogP) is 1.17. The minimum atomic E-state index is -1.10. The topological polar surface area (TPSA) is 75.4 Å². The summed E-state index contributed by atoms with van der Waals surface area (Å²) in [6, 6.07) is 2.43. The lowest BCUT2D eigenvalue weighted by atomic mass is 9.94. The van der Waals surface area contributed by atoms with E-state index in [9.17, 15) is 9.90 Å². The fourth-order valence-electron chi connectivity index (χ4n) is 2.09. The van der Waals surface area contributed by atoms with Gasteiger partial charge < -0.3 is 16.2 Å². The molecule has 4 nitrogen and oxygen atoms in total. The van der Waals surface area contributed by atoms with E-state index in [-0.39, 0.29) is 12.6 Å². The van der Waals surface area contributed by atoms with Gasteiger partial charge in [-0.1, -0.05) is 0 Å². The molecule has 0 saturated heterocycles. The highest BCUT2D eigenvalue weighted by atomic mass is 127. The first kappa shape index (κ1) is 13.3. The molecule has 1 aliphatic carbocycles. The number of thiophene rings is 1. The Morgan fingerprint density at radius 3 is 3.24 bits per heavy atom. The summed E-state index contributed by atoms with van der Waals surface area (Å²) >= 11 is 4.16. The quantitative estimate of drug-likeness (QED) is 0.701. The molecule has 2 atom stereocenters. The van der Waals surface area contributed by atoms with Crippen LogP contribution in [0.4, 0.5) is 0 Å².